The molecule has 59 heavy (non-hydrogen) atoms. The lowest BCUT2D eigenvalue weighted by Crippen LogP contribution is -2.33. The van der Waals surface area contributed by atoms with Crippen molar-refractivity contribution in [3.63, 3.8) is 0 Å². The fraction of sp³-hybridized carbons (Fsp3) is 0.123. The lowest BCUT2D eigenvalue weighted by molar-refractivity contribution is 0.585. The summed E-state index contributed by atoms with van der Waals surface area (Å²) in [6, 6.07) is 65.6. The smallest absolute Gasteiger partial charge is 0.0563 e. The van der Waals surface area contributed by atoms with Crippen LogP contribution in [0.15, 0.2) is 194 Å². The average molecular weight is 759 g/mol. The van der Waals surface area contributed by atoms with Crippen molar-refractivity contribution >= 4 is 77.1 Å². The van der Waals surface area contributed by atoms with Gasteiger partial charge in [-0.2, -0.15) is 0 Å². The topological polar surface area (TPSA) is 6.48 Å². The van der Waals surface area contributed by atoms with Gasteiger partial charge in [0.05, 0.1) is 17.4 Å². The van der Waals surface area contributed by atoms with E-state index in [2.05, 4.69) is 226 Å². The molecule has 0 amide bonds. The molecule has 9 aromatic carbocycles. The molecule has 0 saturated carbocycles. The maximum atomic E-state index is 2.60. The molecule has 2 heteroatoms. The van der Waals surface area contributed by atoms with E-state index in [0.29, 0.717) is 0 Å². The highest BCUT2D eigenvalue weighted by molar-refractivity contribution is 6.15. The van der Waals surface area contributed by atoms with Crippen LogP contribution in [-0.2, 0) is 5.41 Å². The molecule has 0 aliphatic heterocycles. The lowest BCUT2D eigenvalue weighted by Gasteiger charge is -2.38. The van der Waals surface area contributed by atoms with Gasteiger partial charge in [-0.3, -0.25) is 0 Å². The molecule has 284 valence electrons. The zero-order chi connectivity index (χ0) is 39.8. The highest BCUT2D eigenvalue weighted by Gasteiger charge is 2.41. The first-order valence-electron chi connectivity index (χ1n) is 20.9. The average Bonchev–Trinajstić information content (AvgIpc) is 3.50. The molecule has 0 heterocycles. The fourth-order valence-corrected chi connectivity index (χ4v) is 10.1. The first kappa shape index (κ1) is 35.3. The van der Waals surface area contributed by atoms with Gasteiger partial charge in [0.1, 0.15) is 0 Å². The van der Waals surface area contributed by atoms with E-state index in [1.54, 1.807) is 0 Å². The molecule has 0 saturated heterocycles. The molecule has 0 aromatic heterocycles. The standard InChI is InChI=1S/C57H46N2/c1-37-21-25-41(26-22-37)58(55-33-39-13-5-7-15-45(39)47-17-9-11-19-51(47)55)43-29-31-49-50-32-30-44(36-54(50)57(3,4)53(49)35-43)59(42-27-23-38(2)24-28-42)56-34-40-14-6-8-16-46(40)48-18-10-12-20-52(48)56/h5-35,44H,36H2,1-4H3. The van der Waals surface area contributed by atoms with Crippen LogP contribution in [0.2, 0.25) is 0 Å². The summed E-state index contributed by atoms with van der Waals surface area (Å²) < 4.78 is 0. The quantitative estimate of drug-likeness (QED) is 0.156. The van der Waals surface area contributed by atoms with E-state index in [9.17, 15) is 0 Å². The van der Waals surface area contributed by atoms with E-state index in [0.717, 1.165) is 12.1 Å². The van der Waals surface area contributed by atoms with Gasteiger partial charge in [-0.05, 0) is 123 Å². The number of hydrogen-bond acceptors (Lipinski definition) is 2. The Balaban J connectivity index is 1.03. The predicted octanol–water partition coefficient (Wildman–Crippen LogP) is 15.6. The van der Waals surface area contributed by atoms with Crippen molar-refractivity contribution in [1.29, 1.82) is 0 Å². The lowest BCUT2D eigenvalue weighted by atomic mass is 9.77. The third-order valence-electron chi connectivity index (χ3n) is 13.1. The number of aryl methyl sites for hydroxylation is 2. The van der Waals surface area contributed by atoms with Crippen LogP contribution in [0.1, 0.15) is 42.5 Å². The minimum Gasteiger partial charge on any atom is -0.334 e. The Labute approximate surface area is 347 Å². The molecular formula is C57H46N2. The minimum absolute atomic E-state index is 0.127. The van der Waals surface area contributed by atoms with Crippen LogP contribution in [0.25, 0.3) is 48.7 Å². The Hall–Kier alpha value is -6.90. The van der Waals surface area contributed by atoms with Crippen LogP contribution >= 0.6 is 0 Å². The van der Waals surface area contributed by atoms with Crippen LogP contribution in [0.5, 0.6) is 0 Å². The summed E-state index contributed by atoms with van der Waals surface area (Å²) >= 11 is 0. The SMILES string of the molecule is Cc1ccc(N(c2ccc3c(c2)C(C)(C)C2=C3C=CC(N(c3ccc(C)cc3)c3cc4ccccc4c4ccccc34)C2)c2cc3ccccc3c3ccccc23)cc1. The van der Waals surface area contributed by atoms with E-state index in [-0.39, 0.29) is 11.5 Å². The number of rotatable bonds is 6. The molecule has 11 rings (SSSR count). The number of nitrogens with zero attached hydrogens (tertiary/aromatic N) is 2. The third kappa shape index (κ3) is 5.69. The van der Waals surface area contributed by atoms with Gasteiger partial charge in [0.15, 0.2) is 0 Å². The van der Waals surface area contributed by atoms with Crippen molar-refractivity contribution in [3.05, 3.63) is 216 Å². The summed E-state index contributed by atoms with van der Waals surface area (Å²) in [7, 11) is 0. The van der Waals surface area contributed by atoms with Crippen LogP contribution in [0, 0.1) is 13.8 Å². The Kier molecular flexibility index (Phi) is 8.13. The molecule has 0 spiro atoms. The molecule has 0 bridgehead atoms. The predicted molar refractivity (Wildman–Crippen MR) is 253 cm³/mol. The second kappa shape index (κ2) is 13.6. The van der Waals surface area contributed by atoms with Crippen molar-refractivity contribution in [2.45, 2.75) is 45.6 Å². The number of fused-ring (bicyclic) bond motifs is 8. The van der Waals surface area contributed by atoms with Gasteiger partial charge in [-0.15, -0.1) is 0 Å². The van der Waals surface area contributed by atoms with Crippen molar-refractivity contribution < 1.29 is 0 Å². The fourth-order valence-electron chi connectivity index (χ4n) is 10.1. The molecule has 0 radical (unpaired) electrons. The van der Waals surface area contributed by atoms with Crippen molar-refractivity contribution in [2.24, 2.45) is 0 Å². The van der Waals surface area contributed by atoms with Gasteiger partial charge in [0.25, 0.3) is 0 Å². The minimum atomic E-state index is -0.182. The summed E-state index contributed by atoms with van der Waals surface area (Å²) in [6.45, 7) is 9.22. The molecule has 1 atom stereocenters. The zero-order valence-electron chi connectivity index (χ0n) is 34.1. The van der Waals surface area contributed by atoms with Crippen molar-refractivity contribution in [2.75, 3.05) is 9.80 Å². The molecule has 0 fully saturated rings. The number of anilines is 5. The molecule has 1 unspecified atom stereocenters. The molecule has 2 aliphatic carbocycles. The summed E-state index contributed by atoms with van der Waals surface area (Å²) in [4.78, 5) is 5.08. The van der Waals surface area contributed by atoms with Crippen LogP contribution in [0.3, 0.4) is 0 Å². The number of benzene rings is 9. The van der Waals surface area contributed by atoms with Crippen molar-refractivity contribution in [1.82, 2.24) is 0 Å². The molecule has 2 nitrogen and oxygen atoms in total. The first-order chi connectivity index (χ1) is 28.8. The summed E-state index contributed by atoms with van der Waals surface area (Å²) in [5.74, 6) is 0. The highest BCUT2D eigenvalue weighted by Crippen LogP contribution is 2.54. The van der Waals surface area contributed by atoms with Gasteiger partial charge in [-0.1, -0.05) is 165 Å². The highest BCUT2D eigenvalue weighted by atomic mass is 15.2. The van der Waals surface area contributed by atoms with Gasteiger partial charge in [-0.25, -0.2) is 0 Å². The van der Waals surface area contributed by atoms with Crippen LogP contribution in [0.4, 0.5) is 28.4 Å². The van der Waals surface area contributed by atoms with Crippen LogP contribution in [-0.4, -0.2) is 6.04 Å². The summed E-state index contributed by atoms with van der Waals surface area (Å²) in [5, 5.41) is 10.1. The van der Waals surface area contributed by atoms with E-state index in [4.69, 9.17) is 0 Å². The van der Waals surface area contributed by atoms with E-state index in [1.807, 2.05) is 0 Å². The normalized spacial score (nSPS) is 15.6. The Morgan fingerprint density at radius 1 is 0.475 bits per heavy atom. The van der Waals surface area contributed by atoms with Gasteiger partial charge in [0.2, 0.25) is 0 Å². The van der Waals surface area contributed by atoms with Gasteiger partial charge in [0, 0.05) is 33.2 Å². The van der Waals surface area contributed by atoms with Gasteiger partial charge >= 0.3 is 0 Å². The maximum Gasteiger partial charge on any atom is 0.0563 e. The van der Waals surface area contributed by atoms with Gasteiger partial charge < -0.3 is 9.80 Å². The maximum absolute atomic E-state index is 2.60. The zero-order valence-corrected chi connectivity index (χ0v) is 34.1. The first-order valence-corrected chi connectivity index (χ1v) is 20.9. The second-order valence-electron chi connectivity index (χ2n) is 17.1. The van der Waals surface area contributed by atoms with E-state index >= 15 is 0 Å². The van der Waals surface area contributed by atoms with E-state index in [1.165, 1.54) is 99.2 Å². The number of allylic oxidation sites excluding steroid dienone is 2. The Morgan fingerprint density at radius 3 is 1.58 bits per heavy atom. The molecular weight excluding hydrogens is 713 g/mol. The summed E-state index contributed by atoms with van der Waals surface area (Å²) in [5.41, 5.74) is 13.9. The van der Waals surface area contributed by atoms with E-state index < -0.39 is 0 Å². The molecule has 9 aromatic rings. The molecule has 2 aliphatic rings. The van der Waals surface area contributed by atoms with Crippen LogP contribution < -0.4 is 9.80 Å². The Bertz CT molecular complexity index is 3180. The monoisotopic (exact) mass is 758 g/mol. The second-order valence-corrected chi connectivity index (χ2v) is 17.1. The summed E-state index contributed by atoms with van der Waals surface area (Å²) in [6.07, 6.45) is 5.81. The molecule has 0 N–H and O–H groups in total. The Morgan fingerprint density at radius 2 is 0.966 bits per heavy atom. The third-order valence-corrected chi connectivity index (χ3v) is 13.1. The largest absolute Gasteiger partial charge is 0.334 e. The number of hydrogen-bond donors (Lipinski definition) is 0. The van der Waals surface area contributed by atoms with Crippen molar-refractivity contribution in [3.8, 4) is 0 Å².